The zero-order valence-corrected chi connectivity index (χ0v) is 10.5. The fraction of sp³-hybridized carbons (Fsp3) is 0.308. The number of carboxylic acid groups (broad SMARTS) is 1. The summed E-state index contributed by atoms with van der Waals surface area (Å²) in [5.41, 5.74) is 0.435. The Bertz CT molecular complexity index is 561. The van der Waals surface area contributed by atoms with Gasteiger partial charge in [0.15, 0.2) is 0 Å². The Labute approximate surface area is 114 Å². The highest BCUT2D eigenvalue weighted by atomic mass is 19.1. The molecule has 0 spiro atoms. The monoisotopic (exact) mass is 280 g/mol. The number of amides is 2. The molecule has 1 aliphatic rings. The molecule has 1 fully saturated rings. The highest BCUT2D eigenvalue weighted by Gasteiger charge is 2.34. The van der Waals surface area contributed by atoms with Gasteiger partial charge in [0.25, 0.3) is 0 Å². The largest absolute Gasteiger partial charge is 0.480 e. The van der Waals surface area contributed by atoms with Crippen LogP contribution < -0.4 is 5.32 Å². The van der Waals surface area contributed by atoms with Gasteiger partial charge in [-0.15, -0.1) is 0 Å². The first-order chi connectivity index (χ1) is 9.47. The van der Waals surface area contributed by atoms with Crippen molar-refractivity contribution in [2.45, 2.75) is 12.5 Å². The fourth-order valence-electron chi connectivity index (χ4n) is 2.05. The molecule has 20 heavy (non-hydrogen) atoms. The lowest BCUT2D eigenvalue weighted by atomic mass is 10.1. The van der Waals surface area contributed by atoms with E-state index in [0.717, 1.165) is 4.90 Å². The molecule has 2 rings (SSSR count). The van der Waals surface area contributed by atoms with Gasteiger partial charge in [-0.3, -0.25) is 9.59 Å². The first-order valence-electron chi connectivity index (χ1n) is 6.01. The summed E-state index contributed by atoms with van der Waals surface area (Å²) in [6.07, 6.45) is -0.144. The smallest absolute Gasteiger partial charge is 0.328 e. The van der Waals surface area contributed by atoms with Gasteiger partial charge in [0, 0.05) is 6.54 Å². The lowest BCUT2D eigenvalue weighted by Crippen LogP contribution is -2.59. The Kier molecular flexibility index (Phi) is 3.97. The van der Waals surface area contributed by atoms with E-state index in [1.54, 1.807) is 6.07 Å². The summed E-state index contributed by atoms with van der Waals surface area (Å²) in [5, 5.41) is 11.4. The predicted molar refractivity (Wildman–Crippen MR) is 66.3 cm³/mol. The number of hydrogen-bond donors (Lipinski definition) is 2. The molecule has 2 N–H and O–H groups in total. The molecule has 2 amide bonds. The average molecular weight is 280 g/mol. The number of halogens is 1. The van der Waals surface area contributed by atoms with Gasteiger partial charge in [-0.05, 0) is 17.7 Å². The van der Waals surface area contributed by atoms with Crippen molar-refractivity contribution < 1.29 is 23.9 Å². The van der Waals surface area contributed by atoms with Crippen LogP contribution in [-0.2, 0) is 20.8 Å². The molecule has 106 valence electrons. The summed E-state index contributed by atoms with van der Waals surface area (Å²) < 4.78 is 13.0. The summed E-state index contributed by atoms with van der Waals surface area (Å²) in [6, 6.07) is 4.41. The molecule has 1 aromatic carbocycles. The zero-order valence-electron chi connectivity index (χ0n) is 10.5. The number of aliphatic carboxylic acids is 1. The number of rotatable bonds is 3. The molecular formula is C13H13FN2O4. The Hall–Kier alpha value is -2.44. The van der Waals surface area contributed by atoms with E-state index in [2.05, 4.69) is 5.32 Å². The fourth-order valence-corrected chi connectivity index (χ4v) is 2.05. The van der Waals surface area contributed by atoms with Gasteiger partial charge >= 0.3 is 5.97 Å². The summed E-state index contributed by atoms with van der Waals surface area (Å²) in [6.45, 7) is -0.422. The van der Waals surface area contributed by atoms with Crippen LogP contribution in [0.25, 0.3) is 0 Å². The number of nitrogens with zero attached hydrogens (tertiary/aromatic N) is 1. The van der Waals surface area contributed by atoms with Gasteiger partial charge < -0.3 is 15.3 Å². The minimum Gasteiger partial charge on any atom is -0.480 e. The second-order valence-electron chi connectivity index (χ2n) is 4.49. The number of piperazine rings is 1. The van der Waals surface area contributed by atoms with Crippen molar-refractivity contribution in [3.8, 4) is 0 Å². The van der Waals surface area contributed by atoms with E-state index in [1.807, 2.05) is 0 Å². The minimum absolute atomic E-state index is 0.122. The van der Waals surface area contributed by atoms with Crippen LogP contribution in [0.2, 0.25) is 0 Å². The molecule has 1 aromatic rings. The lowest BCUT2D eigenvalue weighted by molar-refractivity contribution is -0.153. The first kappa shape index (κ1) is 14.0. The van der Waals surface area contributed by atoms with Gasteiger partial charge in [0.2, 0.25) is 11.8 Å². The minimum atomic E-state index is -1.18. The molecular weight excluding hydrogens is 267 g/mol. The Morgan fingerprint density at radius 3 is 2.85 bits per heavy atom. The molecule has 7 heteroatoms. The van der Waals surface area contributed by atoms with Gasteiger partial charge in [0.1, 0.15) is 18.4 Å². The normalized spacial score (nSPS) is 18.6. The number of carbonyl (C=O) groups is 3. The molecule has 1 aliphatic heterocycles. The third-order valence-electron chi connectivity index (χ3n) is 3.03. The summed E-state index contributed by atoms with van der Waals surface area (Å²) >= 11 is 0. The molecule has 1 atom stereocenters. The molecule has 0 saturated carbocycles. The number of carboxylic acids is 1. The lowest BCUT2D eigenvalue weighted by Gasteiger charge is -2.32. The van der Waals surface area contributed by atoms with Crippen molar-refractivity contribution in [1.29, 1.82) is 0 Å². The van der Waals surface area contributed by atoms with E-state index in [0.29, 0.717) is 5.56 Å². The standard InChI is InChI=1S/C13H13FN2O4/c14-9-3-1-2-8(4-9)5-12(18)16-7-11(17)15-6-10(16)13(19)20/h1-4,10H,5-7H2,(H,15,17)(H,19,20). The molecule has 0 aromatic heterocycles. The second kappa shape index (κ2) is 5.68. The van der Waals surface area contributed by atoms with Crippen LogP contribution in [0.15, 0.2) is 24.3 Å². The van der Waals surface area contributed by atoms with E-state index < -0.39 is 29.6 Å². The highest BCUT2D eigenvalue weighted by molar-refractivity contribution is 5.91. The van der Waals surface area contributed by atoms with Crippen molar-refractivity contribution >= 4 is 17.8 Å². The third kappa shape index (κ3) is 3.11. The molecule has 1 heterocycles. The van der Waals surface area contributed by atoms with Crippen LogP contribution in [-0.4, -0.2) is 46.9 Å². The Morgan fingerprint density at radius 2 is 2.20 bits per heavy atom. The predicted octanol–water partition coefficient (Wildman–Crippen LogP) is -0.220. The Morgan fingerprint density at radius 1 is 1.45 bits per heavy atom. The van der Waals surface area contributed by atoms with Crippen LogP contribution in [0.5, 0.6) is 0 Å². The number of carbonyl (C=O) groups excluding carboxylic acids is 2. The van der Waals surface area contributed by atoms with Crippen molar-refractivity contribution in [2.75, 3.05) is 13.1 Å². The van der Waals surface area contributed by atoms with Crippen LogP contribution >= 0.6 is 0 Å². The number of hydrogen-bond acceptors (Lipinski definition) is 3. The SMILES string of the molecule is O=C1CN(C(=O)Cc2cccc(F)c2)C(C(=O)O)CN1. The maximum Gasteiger partial charge on any atom is 0.328 e. The van der Waals surface area contributed by atoms with E-state index in [-0.39, 0.29) is 19.5 Å². The number of nitrogens with one attached hydrogen (secondary N) is 1. The second-order valence-corrected chi connectivity index (χ2v) is 4.49. The third-order valence-corrected chi connectivity index (χ3v) is 3.03. The van der Waals surface area contributed by atoms with E-state index in [1.165, 1.54) is 18.2 Å². The van der Waals surface area contributed by atoms with Gasteiger partial charge in [-0.2, -0.15) is 0 Å². The summed E-state index contributed by atoms with van der Waals surface area (Å²) in [7, 11) is 0. The van der Waals surface area contributed by atoms with Crippen LogP contribution in [0, 0.1) is 5.82 Å². The maximum absolute atomic E-state index is 13.0. The molecule has 0 aliphatic carbocycles. The quantitative estimate of drug-likeness (QED) is 0.801. The van der Waals surface area contributed by atoms with E-state index >= 15 is 0 Å². The van der Waals surface area contributed by atoms with Crippen LogP contribution in [0.3, 0.4) is 0 Å². The van der Waals surface area contributed by atoms with Crippen molar-refractivity contribution in [1.82, 2.24) is 10.2 Å². The molecule has 6 nitrogen and oxygen atoms in total. The van der Waals surface area contributed by atoms with Gasteiger partial charge in [-0.25, -0.2) is 9.18 Å². The molecule has 1 saturated heterocycles. The van der Waals surface area contributed by atoms with Crippen molar-refractivity contribution in [3.05, 3.63) is 35.6 Å². The van der Waals surface area contributed by atoms with Crippen molar-refractivity contribution in [3.63, 3.8) is 0 Å². The Balaban J connectivity index is 2.13. The molecule has 0 radical (unpaired) electrons. The topological polar surface area (TPSA) is 86.7 Å². The van der Waals surface area contributed by atoms with Crippen molar-refractivity contribution in [2.24, 2.45) is 0 Å². The summed E-state index contributed by atoms with van der Waals surface area (Å²) in [5.74, 6) is -2.58. The number of benzene rings is 1. The highest BCUT2D eigenvalue weighted by Crippen LogP contribution is 2.10. The zero-order chi connectivity index (χ0) is 14.7. The maximum atomic E-state index is 13.0. The van der Waals surface area contributed by atoms with Gasteiger partial charge in [0.05, 0.1) is 6.42 Å². The van der Waals surface area contributed by atoms with E-state index in [4.69, 9.17) is 5.11 Å². The average Bonchev–Trinajstić information content (AvgIpc) is 2.38. The first-order valence-corrected chi connectivity index (χ1v) is 6.01. The van der Waals surface area contributed by atoms with Crippen LogP contribution in [0.4, 0.5) is 4.39 Å². The van der Waals surface area contributed by atoms with Gasteiger partial charge in [-0.1, -0.05) is 12.1 Å². The van der Waals surface area contributed by atoms with Crippen LogP contribution in [0.1, 0.15) is 5.56 Å². The summed E-state index contributed by atoms with van der Waals surface area (Å²) in [4.78, 5) is 35.5. The molecule has 1 unspecified atom stereocenters. The molecule has 0 bridgehead atoms. The van der Waals surface area contributed by atoms with E-state index in [9.17, 15) is 18.8 Å².